The Morgan fingerprint density at radius 2 is 1.82 bits per heavy atom. The molecule has 1 aliphatic heterocycles. The lowest BCUT2D eigenvalue weighted by molar-refractivity contribution is -0.148. The first-order chi connectivity index (χ1) is 10.2. The number of nitrogens with zero attached hydrogens (tertiary/aromatic N) is 1. The number of hydrogen-bond donors (Lipinski definition) is 2. The predicted molar refractivity (Wildman–Crippen MR) is 77.1 cm³/mol. The van der Waals surface area contributed by atoms with E-state index in [1.165, 1.54) is 18.2 Å². The van der Waals surface area contributed by atoms with Crippen molar-refractivity contribution in [3.63, 3.8) is 0 Å². The molecule has 1 aliphatic rings. The Balaban J connectivity index is 2.40. The van der Waals surface area contributed by atoms with Crippen LogP contribution >= 0.6 is 11.6 Å². The van der Waals surface area contributed by atoms with Gasteiger partial charge in [-0.2, -0.15) is 4.31 Å². The van der Waals surface area contributed by atoms with E-state index in [-0.39, 0.29) is 29.3 Å². The molecular formula is C13H14ClNO6S. The van der Waals surface area contributed by atoms with Crippen LogP contribution in [0.25, 0.3) is 0 Å². The summed E-state index contributed by atoms with van der Waals surface area (Å²) in [6.45, 7) is -0.179. The average molecular weight is 348 g/mol. The zero-order valence-corrected chi connectivity index (χ0v) is 12.9. The van der Waals surface area contributed by atoms with Gasteiger partial charge >= 0.3 is 11.9 Å². The predicted octanol–water partition coefficient (Wildman–Crippen LogP) is 1.28. The van der Waals surface area contributed by atoms with Gasteiger partial charge in [0.2, 0.25) is 10.0 Å². The van der Waals surface area contributed by atoms with Crippen LogP contribution in [0.5, 0.6) is 0 Å². The number of rotatable bonds is 4. The maximum Gasteiger partial charge on any atom is 0.322 e. The SMILES string of the molecule is O=C(O)[C@@H]1CCN(S(=O)(=O)c2ccccc2Cl)[C@@H](C(=O)O)C1. The molecule has 0 amide bonds. The van der Waals surface area contributed by atoms with Crippen LogP contribution in [-0.2, 0) is 19.6 Å². The highest BCUT2D eigenvalue weighted by Gasteiger charge is 2.43. The van der Waals surface area contributed by atoms with Gasteiger partial charge in [0.15, 0.2) is 0 Å². The first-order valence-electron chi connectivity index (χ1n) is 6.47. The number of sulfonamides is 1. The summed E-state index contributed by atoms with van der Waals surface area (Å²) in [4.78, 5) is 22.2. The molecule has 1 heterocycles. The fraction of sp³-hybridized carbons (Fsp3) is 0.385. The zero-order valence-electron chi connectivity index (χ0n) is 11.3. The topological polar surface area (TPSA) is 112 Å². The van der Waals surface area contributed by atoms with E-state index in [1.54, 1.807) is 6.07 Å². The van der Waals surface area contributed by atoms with Crippen molar-refractivity contribution in [1.29, 1.82) is 0 Å². The standard InChI is InChI=1S/C13H14ClNO6S/c14-9-3-1-2-4-11(9)22(20,21)15-6-5-8(12(16)17)7-10(15)13(18)19/h1-4,8,10H,5-7H2,(H,16,17)(H,18,19)/t8-,10-/m1/s1. The molecular weight excluding hydrogens is 334 g/mol. The van der Waals surface area contributed by atoms with Gasteiger partial charge in [0, 0.05) is 6.54 Å². The van der Waals surface area contributed by atoms with Gasteiger partial charge in [0.1, 0.15) is 10.9 Å². The monoisotopic (exact) mass is 347 g/mol. The van der Waals surface area contributed by atoms with Gasteiger partial charge in [0.05, 0.1) is 10.9 Å². The van der Waals surface area contributed by atoms with Crippen molar-refractivity contribution in [2.24, 2.45) is 5.92 Å². The molecule has 1 aromatic rings. The molecule has 9 heteroatoms. The van der Waals surface area contributed by atoms with Gasteiger partial charge in [-0.05, 0) is 25.0 Å². The van der Waals surface area contributed by atoms with E-state index >= 15 is 0 Å². The molecule has 0 aliphatic carbocycles. The second-order valence-corrected chi connectivity index (χ2v) is 7.23. The van der Waals surface area contributed by atoms with Gasteiger partial charge < -0.3 is 10.2 Å². The molecule has 2 rings (SSSR count). The molecule has 1 aromatic carbocycles. The minimum Gasteiger partial charge on any atom is -0.481 e. The smallest absolute Gasteiger partial charge is 0.322 e. The highest BCUT2D eigenvalue weighted by molar-refractivity contribution is 7.89. The number of carboxylic acid groups (broad SMARTS) is 2. The Bertz CT molecular complexity index is 704. The van der Waals surface area contributed by atoms with Crippen LogP contribution < -0.4 is 0 Å². The summed E-state index contributed by atoms with van der Waals surface area (Å²) < 4.78 is 26.1. The minimum atomic E-state index is -4.11. The molecule has 0 radical (unpaired) electrons. The van der Waals surface area contributed by atoms with E-state index in [0.717, 1.165) is 4.31 Å². The van der Waals surface area contributed by atoms with Crippen molar-refractivity contribution >= 4 is 33.6 Å². The average Bonchev–Trinajstić information content (AvgIpc) is 2.46. The maximum absolute atomic E-state index is 12.6. The first-order valence-corrected chi connectivity index (χ1v) is 8.29. The van der Waals surface area contributed by atoms with Crippen LogP contribution in [0.15, 0.2) is 29.2 Å². The van der Waals surface area contributed by atoms with Crippen LogP contribution in [0.1, 0.15) is 12.8 Å². The first kappa shape index (κ1) is 16.7. The number of piperidine rings is 1. The molecule has 1 saturated heterocycles. The molecule has 7 nitrogen and oxygen atoms in total. The van der Waals surface area contributed by atoms with Crippen molar-refractivity contribution in [2.75, 3.05) is 6.54 Å². The fourth-order valence-corrected chi connectivity index (χ4v) is 4.56. The summed E-state index contributed by atoms with van der Waals surface area (Å²) in [6.07, 6.45) is -0.211. The van der Waals surface area contributed by atoms with Gasteiger partial charge in [-0.25, -0.2) is 8.42 Å². The Hall–Kier alpha value is -1.64. The van der Waals surface area contributed by atoms with Crippen molar-refractivity contribution < 1.29 is 28.2 Å². The molecule has 120 valence electrons. The van der Waals surface area contributed by atoms with Crippen LogP contribution in [0.2, 0.25) is 5.02 Å². The molecule has 1 fully saturated rings. The van der Waals surface area contributed by atoms with Crippen LogP contribution in [0.4, 0.5) is 0 Å². The highest BCUT2D eigenvalue weighted by atomic mass is 35.5. The van der Waals surface area contributed by atoms with E-state index < -0.39 is 33.9 Å². The van der Waals surface area contributed by atoms with E-state index in [0.29, 0.717) is 0 Å². The Kier molecular flexibility index (Phi) is 4.74. The van der Waals surface area contributed by atoms with E-state index in [1.807, 2.05) is 0 Å². The second-order valence-electron chi connectivity index (χ2n) is 4.96. The quantitative estimate of drug-likeness (QED) is 0.848. The molecule has 0 spiro atoms. The minimum absolute atomic E-state index is 0.00741. The van der Waals surface area contributed by atoms with Crippen molar-refractivity contribution in [3.8, 4) is 0 Å². The fourth-order valence-electron chi connectivity index (χ4n) is 2.46. The van der Waals surface area contributed by atoms with Crippen LogP contribution in [0.3, 0.4) is 0 Å². The van der Waals surface area contributed by atoms with Gasteiger partial charge in [-0.1, -0.05) is 23.7 Å². The number of carbonyl (C=O) groups is 2. The molecule has 0 aromatic heterocycles. The van der Waals surface area contributed by atoms with Crippen molar-refractivity contribution in [1.82, 2.24) is 4.31 Å². The molecule has 0 bridgehead atoms. The summed E-state index contributed by atoms with van der Waals surface area (Å²) in [6, 6.07) is 4.32. The van der Waals surface area contributed by atoms with Crippen molar-refractivity contribution in [2.45, 2.75) is 23.8 Å². The number of aliphatic carboxylic acids is 2. The summed E-state index contributed by atoms with van der Waals surface area (Å²) in [5, 5.41) is 18.3. The lowest BCUT2D eigenvalue weighted by atomic mass is 9.93. The van der Waals surface area contributed by atoms with Crippen LogP contribution in [0, 0.1) is 5.92 Å². The maximum atomic E-state index is 12.6. The van der Waals surface area contributed by atoms with E-state index in [2.05, 4.69) is 0 Å². The van der Waals surface area contributed by atoms with Gasteiger partial charge in [-0.3, -0.25) is 9.59 Å². The normalized spacial score (nSPS) is 23.1. The van der Waals surface area contributed by atoms with E-state index in [9.17, 15) is 23.1 Å². The highest BCUT2D eigenvalue weighted by Crippen LogP contribution is 2.31. The summed E-state index contributed by atoms with van der Waals surface area (Å²) in [5.41, 5.74) is 0. The molecule has 22 heavy (non-hydrogen) atoms. The summed E-state index contributed by atoms with van der Waals surface area (Å²) in [7, 11) is -4.11. The third-order valence-corrected chi connectivity index (χ3v) is 6.02. The second kappa shape index (κ2) is 6.23. The Labute approximate surface area is 132 Å². The Morgan fingerprint density at radius 3 is 2.36 bits per heavy atom. The number of carboxylic acids is 2. The van der Waals surface area contributed by atoms with Gasteiger partial charge in [-0.15, -0.1) is 0 Å². The van der Waals surface area contributed by atoms with Crippen molar-refractivity contribution in [3.05, 3.63) is 29.3 Å². The number of benzene rings is 1. The summed E-state index contributed by atoms with van der Waals surface area (Å²) >= 11 is 5.89. The molecule has 0 saturated carbocycles. The Morgan fingerprint density at radius 1 is 1.18 bits per heavy atom. The third kappa shape index (κ3) is 3.08. The van der Waals surface area contributed by atoms with E-state index in [4.69, 9.17) is 16.7 Å². The van der Waals surface area contributed by atoms with Gasteiger partial charge in [0.25, 0.3) is 0 Å². The molecule has 2 atom stereocenters. The molecule has 0 unspecified atom stereocenters. The van der Waals surface area contributed by atoms with Crippen LogP contribution in [-0.4, -0.2) is 47.5 Å². The lowest BCUT2D eigenvalue weighted by Crippen LogP contribution is -2.51. The lowest BCUT2D eigenvalue weighted by Gasteiger charge is -2.34. The summed E-state index contributed by atoms with van der Waals surface area (Å²) in [5.74, 6) is -3.37. The largest absolute Gasteiger partial charge is 0.481 e. The number of hydrogen-bond acceptors (Lipinski definition) is 4. The zero-order chi connectivity index (χ0) is 16.5. The molecule has 2 N–H and O–H groups in total. The number of halogens is 1. The third-order valence-electron chi connectivity index (χ3n) is 3.61.